The molecule has 4 heteroatoms. The summed E-state index contributed by atoms with van der Waals surface area (Å²) in [6.07, 6.45) is 0. The van der Waals surface area contributed by atoms with Crippen LogP contribution in [-0.4, -0.2) is 21.0 Å². The lowest BCUT2D eigenvalue weighted by Gasteiger charge is -1.97. The standard InChI is InChI=1S/C13H14N2O2/c1-13(2)9(10(13)12(16)17)11-14-7-5-3-4-6-8(7)15-11/h3-6,9-10H,1-2H3,(H,14,15)(H,16,17). The van der Waals surface area contributed by atoms with Gasteiger partial charge in [-0.15, -0.1) is 0 Å². The van der Waals surface area contributed by atoms with Crippen molar-refractivity contribution in [1.82, 2.24) is 9.97 Å². The normalized spacial score (nSPS) is 26.0. The first-order valence-electron chi connectivity index (χ1n) is 5.69. The quantitative estimate of drug-likeness (QED) is 0.832. The molecule has 0 amide bonds. The third kappa shape index (κ3) is 1.37. The Morgan fingerprint density at radius 3 is 2.71 bits per heavy atom. The van der Waals surface area contributed by atoms with Crippen LogP contribution in [0.2, 0.25) is 0 Å². The predicted molar refractivity (Wildman–Crippen MR) is 63.7 cm³/mol. The molecule has 1 aliphatic carbocycles. The molecule has 88 valence electrons. The number of H-pyrrole nitrogens is 1. The van der Waals surface area contributed by atoms with E-state index in [1.165, 1.54) is 0 Å². The van der Waals surface area contributed by atoms with E-state index >= 15 is 0 Å². The molecule has 0 radical (unpaired) electrons. The fraction of sp³-hybridized carbons (Fsp3) is 0.385. The minimum Gasteiger partial charge on any atom is -0.481 e. The van der Waals surface area contributed by atoms with Gasteiger partial charge in [-0.1, -0.05) is 26.0 Å². The molecule has 1 aliphatic rings. The summed E-state index contributed by atoms with van der Waals surface area (Å²) in [6, 6.07) is 7.76. The summed E-state index contributed by atoms with van der Waals surface area (Å²) >= 11 is 0. The first-order chi connectivity index (χ1) is 8.01. The number of aromatic amines is 1. The van der Waals surface area contributed by atoms with Gasteiger partial charge in [-0.3, -0.25) is 4.79 Å². The van der Waals surface area contributed by atoms with Crippen LogP contribution in [-0.2, 0) is 4.79 Å². The van der Waals surface area contributed by atoms with E-state index in [1.54, 1.807) is 0 Å². The van der Waals surface area contributed by atoms with Crippen molar-refractivity contribution in [2.24, 2.45) is 11.3 Å². The average Bonchev–Trinajstić information content (AvgIpc) is 2.68. The Kier molecular flexibility index (Phi) is 1.88. The number of carbonyl (C=O) groups is 1. The molecule has 1 saturated carbocycles. The molecule has 0 bridgehead atoms. The molecule has 1 aromatic heterocycles. The Hall–Kier alpha value is -1.84. The lowest BCUT2D eigenvalue weighted by Crippen LogP contribution is -2.03. The highest BCUT2D eigenvalue weighted by molar-refractivity contribution is 5.79. The number of carboxylic acids is 1. The number of nitrogens with one attached hydrogen (secondary N) is 1. The van der Waals surface area contributed by atoms with Crippen LogP contribution >= 0.6 is 0 Å². The number of rotatable bonds is 2. The van der Waals surface area contributed by atoms with Gasteiger partial charge in [0.15, 0.2) is 0 Å². The zero-order valence-corrected chi connectivity index (χ0v) is 9.77. The van der Waals surface area contributed by atoms with Gasteiger partial charge in [0.2, 0.25) is 0 Å². The monoisotopic (exact) mass is 230 g/mol. The smallest absolute Gasteiger partial charge is 0.307 e. The molecule has 1 heterocycles. The van der Waals surface area contributed by atoms with Crippen LogP contribution in [0.5, 0.6) is 0 Å². The molecule has 0 aliphatic heterocycles. The van der Waals surface area contributed by atoms with E-state index in [4.69, 9.17) is 5.11 Å². The third-order valence-corrected chi connectivity index (χ3v) is 3.80. The van der Waals surface area contributed by atoms with Gasteiger partial charge in [-0.25, -0.2) is 4.98 Å². The third-order valence-electron chi connectivity index (χ3n) is 3.80. The highest BCUT2D eigenvalue weighted by Gasteiger charge is 2.64. The van der Waals surface area contributed by atoms with Gasteiger partial charge in [0.1, 0.15) is 5.82 Å². The maximum atomic E-state index is 11.1. The summed E-state index contributed by atoms with van der Waals surface area (Å²) in [6.45, 7) is 3.95. The number of imidazole rings is 1. The maximum absolute atomic E-state index is 11.1. The Morgan fingerprint density at radius 2 is 2.12 bits per heavy atom. The minimum atomic E-state index is -0.736. The van der Waals surface area contributed by atoms with Crippen molar-refractivity contribution in [2.75, 3.05) is 0 Å². The molecule has 0 saturated heterocycles. The van der Waals surface area contributed by atoms with E-state index in [-0.39, 0.29) is 17.3 Å². The zero-order chi connectivity index (χ0) is 12.2. The SMILES string of the molecule is CC1(C)C(C(=O)O)C1c1nc2ccccc2[nH]1. The molecule has 2 unspecified atom stereocenters. The second kappa shape index (κ2) is 3.09. The fourth-order valence-electron chi connectivity index (χ4n) is 2.73. The van der Waals surface area contributed by atoms with Crippen LogP contribution in [0.4, 0.5) is 0 Å². The number of carboxylic acid groups (broad SMARTS) is 1. The molecule has 2 aromatic rings. The number of fused-ring (bicyclic) bond motifs is 1. The molecule has 0 spiro atoms. The first-order valence-corrected chi connectivity index (χ1v) is 5.69. The predicted octanol–water partition coefficient (Wildman–Crippen LogP) is 2.39. The van der Waals surface area contributed by atoms with E-state index in [1.807, 2.05) is 38.1 Å². The number of nitrogens with zero attached hydrogens (tertiary/aromatic N) is 1. The maximum Gasteiger partial charge on any atom is 0.307 e. The van der Waals surface area contributed by atoms with Crippen LogP contribution in [0.25, 0.3) is 11.0 Å². The van der Waals surface area contributed by atoms with Gasteiger partial charge in [0, 0.05) is 5.92 Å². The summed E-state index contributed by atoms with van der Waals surface area (Å²) < 4.78 is 0. The van der Waals surface area contributed by atoms with Gasteiger partial charge in [-0.2, -0.15) is 0 Å². The first kappa shape index (κ1) is 10.3. The van der Waals surface area contributed by atoms with Gasteiger partial charge >= 0.3 is 5.97 Å². The zero-order valence-electron chi connectivity index (χ0n) is 9.77. The van der Waals surface area contributed by atoms with E-state index in [0.717, 1.165) is 16.9 Å². The molecule has 1 fully saturated rings. The van der Waals surface area contributed by atoms with Crippen molar-refractivity contribution in [3.8, 4) is 0 Å². The summed E-state index contributed by atoms with van der Waals surface area (Å²) in [5, 5.41) is 9.15. The largest absolute Gasteiger partial charge is 0.481 e. The number of hydrogen-bond acceptors (Lipinski definition) is 2. The highest BCUT2D eigenvalue weighted by atomic mass is 16.4. The topological polar surface area (TPSA) is 66.0 Å². The summed E-state index contributed by atoms with van der Waals surface area (Å²) in [5.74, 6) is -0.278. The van der Waals surface area contributed by atoms with Gasteiger partial charge in [-0.05, 0) is 17.5 Å². The van der Waals surface area contributed by atoms with E-state index in [2.05, 4.69) is 9.97 Å². The Bertz CT molecular complexity index is 567. The molecular formula is C13H14N2O2. The molecule has 17 heavy (non-hydrogen) atoms. The average molecular weight is 230 g/mol. The van der Waals surface area contributed by atoms with Gasteiger partial charge in [0.25, 0.3) is 0 Å². The van der Waals surface area contributed by atoms with E-state index in [0.29, 0.717) is 0 Å². The van der Waals surface area contributed by atoms with Crippen molar-refractivity contribution in [3.05, 3.63) is 30.1 Å². The molecule has 4 nitrogen and oxygen atoms in total. The van der Waals surface area contributed by atoms with Crippen molar-refractivity contribution in [3.63, 3.8) is 0 Å². The lowest BCUT2D eigenvalue weighted by atomic mass is 10.1. The molecule has 3 rings (SSSR count). The van der Waals surface area contributed by atoms with Gasteiger partial charge < -0.3 is 10.1 Å². The van der Waals surface area contributed by atoms with Crippen molar-refractivity contribution in [2.45, 2.75) is 19.8 Å². The van der Waals surface area contributed by atoms with E-state index < -0.39 is 5.97 Å². The summed E-state index contributed by atoms with van der Waals surface area (Å²) in [4.78, 5) is 18.8. The number of aliphatic carboxylic acids is 1. The van der Waals surface area contributed by atoms with Crippen molar-refractivity contribution >= 4 is 17.0 Å². The molecular weight excluding hydrogens is 216 g/mol. The summed E-state index contributed by atoms with van der Waals surface area (Å²) in [7, 11) is 0. The van der Waals surface area contributed by atoms with E-state index in [9.17, 15) is 4.79 Å². The molecule has 1 aromatic carbocycles. The number of hydrogen-bond donors (Lipinski definition) is 2. The Balaban J connectivity index is 2.03. The summed E-state index contributed by atoms with van der Waals surface area (Å²) in [5.41, 5.74) is 1.66. The van der Waals surface area contributed by atoms with Crippen LogP contribution in [0.15, 0.2) is 24.3 Å². The Labute approximate surface area is 98.7 Å². The van der Waals surface area contributed by atoms with Crippen LogP contribution in [0.1, 0.15) is 25.6 Å². The number of benzene rings is 1. The fourth-order valence-corrected chi connectivity index (χ4v) is 2.73. The van der Waals surface area contributed by atoms with Crippen molar-refractivity contribution in [1.29, 1.82) is 0 Å². The minimum absolute atomic E-state index is 0.00704. The number of para-hydroxylation sites is 2. The van der Waals surface area contributed by atoms with Crippen molar-refractivity contribution < 1.29 is 9.90 Å². The molecule has 2 N–H and O–H groups in total. The Morgan fingerprint density at radius 1 is 1.41 bits per heavy atom. The highest BCUT2D eigenvalue weighted by Crippen LogP contribution is 2.63. The second-order valence-corrected chi connectivity index (χ2v) is 5.25. The van der Waals surface area contributed by atoms with Crippen LogP contribution in [0.3, 0.4) is 0 Å². The lowest BCUT2D eigenvalue weighted by molar-refractivity contribution is -0.139. The van der Waals surface area contributed by atoms with Gasteiger partial charge in [0.05, 0.1) is 17.0 Å². The van der Waals surface area contributed by atoms with Crippen LogP contribution < -0.4 is 0 Å². The molecule has 2 atom stereocenters. The number of aromatic nitrogens is 2. The van der Waals surface area contributed by atoms with Crippen LogP contribution in [0, 0.1) is 11.3 Å². The second-order valence-electron chi connectivity index (χ2n) is 5.25.